The highest BCUT2D eigenvalue weighted by Crippen LogP contribution is 2.31. The topological polar surface area (TPSA) is 103 Å². The Labute approximate surface area is 171 Å². The number of nitrogens with zero attached hydrogens (tertiary/aromatic N) is 3. The number of rotatable bonds is 5. The van der Waals surface area contributed by atoms with Gasteiger partial charge in [0.1, 0.15) is 0 Å². The van der Waals surface area contributed by atoms with Crippen molar-refractivity contribution in [3.8, 4) is 17.1 Å². The Morgan fingerprint density at radius 2 is 1.89 bits per heavy atom. The monoisotopic (exact) mass is 415 g/mol. The molecule has 0 bridgehead atoms. The second-order valence-electron chi connectivity index (χ2n) is 6.10. The fourth-order valence-corrected chi connectivity index (χ4v) is 3.57. The van der Waals surface area contributed by atoms with Crippen molar-refractivity contribution in [1.82, 2.24) is 20.1 Å². The molecule has 0 unspecified atom stereocenters. The number of aromatic nitrogens is 3. The SMILES string of the molecule is Cc1cccc(-c2nnc(S[C@@H](C)C(=O)NC(N)=O)n2-c2ccc(Cl)cc2)c1. The van der Waals surface area contributed by atoms with Crippen LogP contribution in [0.4, 0.5) is 4.79 Å². The summed E-state index contributed by atoms with van der Waals surface area (Å²) in [7, 11) is 0. The minimum Gasteiger partial charge on any atom is -0.351 e. The zero-order chi connectivity index (χ0) is 20.3. The van der Waals surface area contributed by atoms with Gasteiger partial charge in [-0.05, 0) is 44.2 Å². The number of carbonyl (C=O) groups is 2. The van der Waals surface area contributed by atoms with Gasteiger partial charge in [-0.2, -0.15) is 0 Å². The molecule has 0 saturated carbocycles. The minimum absolute atomic E-state index is 0.500. The van der Waals surface area contributed by atoms with Crippen LogP contribution in [-0.2, 0) is 4.79 Å². The highest BCUT2D eigenvalue weighted by atomic mass is 35.5. The number of nitrogens with one attached hydrogen (secondary N) is 1. The Bertz CT molecular complexity index is 1020. The van der Waals surface area contributed by atoms with E-state index in [0.717, 1.165) is 16.8 Å². The predicted molar refractivity (Wildman–Crippen MR) is 110 cm³/mol. The molecule has 1 aromatic heterocycles. The van der Waals surface area contributed by atoms with Gasteiger partial charge >= 0.3 is 6.03 Å². The number of amides is 3. The lowest BCUT2D eigenvalue weighted by molar-refractivity contribution is -0.119. The van der Waals surface area contributed by atoms with Crippen molar-refractivity contribution in [2.24, 2.45) is 5.73 Å². The second kappa shape index (κ2) is 8.45. The van der Waals surface area contributed by atoms with E-state index in [2.05, 4.69) is 15.5 Å². The Balaban J connectivity index is 2.04. The number of primary amides is 1. The third-order valence-electron chi connectivity index (χ3n) is 3.89. The lowest BCUT2D eigenvalue weighted by Crippen LogP contribution is -2.39. The molecule has 3 N–H and O–H groups in total. The maximum absolute atomic E-state index is 12.1. The Hall–Kier alpha value is -2.84. The summed E-state index contributed by atoms with van der Waals surface area (Å²) < 4.78 is 1.85. The fourth-order valence-electron chi connectivity index (χ4n) is 2.58. The zero-order valence-corrected chi connectivity index (χ0v) is 16.8. The molecule has 1 atom stereocenters. The first-order valence-electron chi connectivity index (χ1n) is 8.40. The molecule has 28 heavy (non-hydrogen) atoms. The van der Waals surface area contributed by atoms with Crippen LogP contribution in [0.3, 0.4) is 0 Å². The molecule has 7 nitrogen and oxygen atoms in total. The molecule has 0 aliphatic heterocycles. The molecule has 144 valence electrons. The number of benzene rings is 2. The first kappa shape index (κ1) is 19.9. The van der Waals surface area contributed by atoms with Crippen LogP contribution in [-0.4, -0.2) is 32.0 Å². The summed E-state index contributed by atoms with van der Waals surface area (Å²) in [6.07, 6.45) is 0. The van der Waals surface area contributed by atoms with Gasteiger partial charge in [0.05, 0.1) is 5.25 Å². The first-order valence-corrected chi connectivity index (χ1v) is 9.66. The summed E-state index contributed by atoms with van der Waals surface area (Å²) in [4.78, 5) is 23.0. The van der Waals surface area contributed by atoms with Crippen LogP contribution in [0.1, 0.15) is 12.5 Å². The molecule has 0 fully saturated rings. The molecule has 0 radical (unpaired) electrons. The van der Waals surface area contributed by atoms with Gasteiger partial charge in [0.25, 0.3) is 0 Å². The largest absolute Gasteiger partial charge is 0.351 e. The molecule has 0 spiro atoms. The molecule has 9 heteroatoms. The molecule has 0 aliphatic carbocycles. The quantitative estimate of drug-likeness (QED) is 0.620. The third-order valence-corrected chi connectivity index (χ3v) is 5.19. The highest BCUT2D eigenvalue weighted by Gasteiger charge is 2.22. The van der Waals surface area contributed by atoms with Crippen LogP contribution in [0, 0.1) is 6.92 Å². The number of urea groups is 1. The number of halogens is 1. The van der Waals surface area contributed by atoms with Crippen molar-refractivity contribution >= 4 is 35.3 Å². The van der Waals surface area contributed by atoms with E-state index >= 15 is 0 Å². The van der Waals surface area contributed by atoms with E-state index in [1.54, 1.807) is 19.1 Å². The molecule has 0 aliphatic rings. The van der Waals surface area contributed by atoms with Crippen LogP contribution in [0.15, 0.2) is 53.7 Å². The summed E-state index contributed by atoms with van der Waals surface area (Å²) in [5.41, 5.74) is 7.81. The van der Waals surface area contributed by atoms with Gasteiger partial charge in [0.15, 0.2) is 11.0 Å². The number of carbonyl (C=O) groups excluding carboxylic acids is 2. The maximum Gasteiger partial charge on any atom is 0.318 e. The standard InChI is InChI=1S/C19H18ClN5O2S/c1-11-4-3-5-13(10-11)16-23-24-19(28-12(2)17(26)22-18(21)27)25(16)15-8-6-14(20)7-9-15/h3-10,12H,1-2H3,(H3,21,22,26,27)/t12-/m0/s1. The number of thioether (sulfide) groups is 1. The molecule has 3 amide bonds. The number of aryl methyl sites for hydroxylation is 1. The molecule has 3 rings (SSSR count). The van der Waals surface area contributed by atoms with Gasteiger partial charge in [-0.25, -0.2) is 4.79 Å². The van der Waals surface area contributed by atoms with Gasteiger partial charge in [0, 0.05) is 16.3 Å². The van der Waals surface area contributed by atoms with E-state index in [4.69, 9.17) is 17.3 Å². The fraction of sp³-hybridized carbons (Fsp3) is 0.158. The Kier molecular flexibility index (Phi) is 6.01. The van der Waals surface area contributed by atoms with Gasteiger partial charge in [0.2, 0.25) is 5.91 Å². The summed E-state index contributed by atoms with van der Waals surface area (Å²) >= 11 is 7.20. The van der Waals surface area contributed by atoms with E-state index in [-0.39, 0.29) is 0 Å². The van der Waals surface area contributed by atoms with Crippen LogP contribution in [0.25, 0.3) is 17.1 Å². The van der Waals surface area contributed by atoms with Crippen molar-refractivity contribution in [2.75, 3.05) is 0 Å². The van der Waals surface area contributed by atoms with Gasteiger partial charge in [-0.15, -0.1) is 10.2 Å². The number of imide groups is 1. The van der Waals surface area contributed by atoms with Crippen LogP contribution in [0.2, 0.25) is 5.02 Å². The minimum atomic E-state index is -0.892. The molecule has 3 aromatic rings. The second-order valence-corrected chi connectivity index (χ2v) is 7.85. The van der Waals surface area contributed by atoms with Crippen LogP contribution < -0.4 is 11.1 Å². The predicted octanol–water partition coefficient (Wildman–Crippen LogP) is 3.57. The van der Waals surface area contributed by atoms with Crippen molar-refractivity contribution in [3.63, 3.8) is 0 Å². The molecule has 2 aromatic carbocycles. The Morgan fingerprint density at radius 3 is 2.54 bits per heavy atom. The number of hydrogen-bond acceptors (Lipinski definition) is 5. The number of nitrogens with two attached hydrogens (primary N) is 1. The third kappa shape index (κ3) is 4.52. The van der Waals surface area contributed by atoms with Crippen LogP contribution >= 0.6 is 23.4 Å². The van der Waals surface area contributed by atoms with E-state index in [1.807, 2.05) is 47.9 Å². The smallest absolute Gasteiger partial charge is 0.318 e. The molecule has 0 saturated heterocycles. The summed E-state index contributed by atoms with van der Waals surface area (Å²) in [5.74, 6) is 0.135. The van der Waals surface area contributed by atoms with Crippen molar-refractivity contribution < 1.29 is 9.59 Å². The summed E-state index contributed by atoms with van der Waals surface area (Å²) in [6.45, 7) is 3.66. The average Bonchev–Trinajstić information content (AvgIpc) is 3.05. The maximum atomic E-state index is 12.1. The van der Waals surface area contributed by atoms with Crippen molar-refractivity contribution in [1.29, 1.82) is 0 Å². The molecular formula is C19H18ClN5O2S. The van der Waals surface area contributed by atoms with E-state index in [0.29, 0.717) is 16.0 Å². The van der Waals surface area contributed by atoms with Crippen LogP contribution in [0.5, 0.6) is 0 Å². The number of hydrogen-bond donors (Lipinski definition) is 2. The van der Waals surface area contributed by atoms with Crippen molar-refractivity contribution in [3.05, 3.63) is 59.1 Å². The summed E-state index contributed by atoms with van der Waals surface area (Å²) in [6, 6.07) is 14.3. The summed E-state index contributed by atoms with van der Waals surface area (Å²) in [5, 5.41) is 11.2. The van der Waals surface area contributed by atoms with Gasteiger partial charge in [-0.3, -0.25) is 14.7 Å². The molecular weight excluding hydrogens is 398 g/mol. The lowest BCUT2D eigenvalue weighted by Gasteiger charge is -2.13. The van der Waals surface area contributed by atoms with E-state index in [1.165, 1.54) is 11.8 Å². The average molecular weight is 416 g/mol. The zero-order valence-electron chi connectivity index (χ0n) is 15.2. The lowest BCUT2D eigenvalue weighted by atomic mass is 10.1. The highest BCUT2D eigenvalue weighted by molar-refractivity contribution is 8.00. The molecule has 1 heterocycles. The normalized spacial score (nSPS) is 11.8. The van der Waals surface area contributed by atoms with Gasteiger partial charge in [-0.1, -0.05) is 47.1 Å². The van der Waals surface area contributed by atoms with Gasteiger partial charge < -0.3 is 5.73 Å². The van der Waals surface area contributed by atoms with Crippen molar-refractivity contribution in [2.45, 2.75) is 24.3 Å². The van der Waals surface area contributed by atoms with E-state index in [9.17, 15) is 9.59 Å². The first-order chi connectivity index (χ1) is 13.3. The Morgan fingerprint density at radius 1 is 1.18 bits per heavy atom. The van der Waals surface area contributed by atoms with E-state index < -0.39 is 17.2 Å².